The fourth-order valence-corrected chi connectivity index (χ4v) is 3.33. The van der Waals surface area contributed by atoms with E-state index in [0.717, 1.165) is 16.9 Å². The Kier molecular flexibility index (Phi) is 6.23. The van der Waals surface area contributed by atoms with Crippen LogP contribution in [0.2, 0.25) is 0 Å². The Hall–Kier alpha value is -2.05. The van der Waals surface area contributed by atoms with Gasteiger partial charge in [0, 0.05) is 6.54 Å². The molecule has 0 spiro atoms. The van der Waals surface area contributed by atoms with E-state index < -0.39 is 10.0 Å². The topological polar surface area (TPSA) is 64.6 Å². The molecular weight excluding hydrogens is 326 g/mol. The molecule has 0 bridgehead atoms. The largest absolute Gasteiger partial charge is 0.494 e. The molecule has 2 aromatic carbocycles. The van der Waals surface area contributed by atoms with Crippen molar-refractivity contribution >= 4 is 10.0 Å². The van der Waals surface area contributed by atoms with E-state index >= 15 is 0 Å². The molecule has 130 valence electrons. The molecule has 6 heteroatoms. The molecule has 1 N–H and O–H groups in total. The van der Waals surface area contributed by atoms with E-state index in [4.69, 9.17) is 9.47 Å². The lowest BCUT2D eigenvalue weighted by Crippen LogP contribution is -2.28. The maximum atomic E-state index is 12.2. The predicted molar refractivity (Wildman–Crippen MR) is 94.2 cm³/mol. The van der Waals surface area contributed by atoms with Crippen LogP contribution in [-0.2, 0) is 10.0 Å². The SMILES string of the molecule is CCOc1ccc(S(=O)(=O)NCCOc2c(C)cccc2C)cc1. The van der Waals surface area contributed by atoms with Gasteiger partial charge in [0.25, 0.3) is 0 Å². The maximum absolute atomic E-state index is 12.2. The fraction of sp³-hybridized carbons (Fsp3) is 0.333. The number of rotatable bonds is 8. The molecule has 0 heterocycles. The van der Waals surface area contributed by atoms with E-state index in [0.29, 0.717) is 12.4 Å². The van der Waals surface area contributed by atoms with Gasteiger partial charge in [-0.25, -0.2) is 13.1 Å². The van der Waals surface area contributed by atoms with E-state index in [-0.39, 0.29) is 18.0 Å². The van der Waals surface area contributed by atoms with Gasteiger partial charge in [0.15, 0.2) is 0 Å². The van der Waals surface area contributed by atoms with Crippen LogP contribution in [0.25, 0.3) is 0 Å². The molecule has 0 aromatic heterocycles. The molecule has 2 aromatic rings. The van der Waals surface area contributed by atoms with Crippen molar-refractivity contribution in [2.24, 2.45) is 0 Å². The van der Waals surface area contributed by atoms with Crippen LogP contribution < -0.4 is 14.2 Å². The van der Waals surface area contributed by atoms with Crippen LogP contribution in [0.4, 0.5) is 0 Å². The lowest BCUT2D eigenvalue weighted by atomic mass is 10.1. The second kappa shape index (κ2) is 8.17. The van der Waals surface area contributed by atoms with Crippen molar-refractivity contribution < 1.29 is 17.9 Å². The number of benzene rings is 2. The number of hydrogen-bond acceptors (Lipinski definition) is 4. The summed E-state index contributed by atoms with van der Waals surface area (Å²) in [5, 5.41) is 0. The molecule has 0 amide bonds. The van der Waals surface area contributed by atoms with Gasteiger partial charge in [-0.05, 0) is 56.2 Å². The van der Waals surface area contributed by atoms with Gasteiger partial charge >= 0.3 is 0 Å². The van der Waals surface area contributed by atoms with Crippen molar-refractivity contribution in [3.8, 4) is 11.5 Å². The Bertz CT molecular complexity index is 750. The highest BCUT2D eigenvalue weighted by molar-refractivity contribution is 7.89. The smallest absolute Gasteiger partial charge is 0.240 e. The summed E-state index contributed by atoms with van der Waals surface area (Å²) in [6.07, 6.45) is 0. The van der Waals surface area contributed by atoms with E-state index in [2.05, 4.69) is 4.72 Å². The van der Waals surface area contributed by atoms with Gasteiger partial charge < -0.3 is 9.47 Å². The van der Waals surface area contributed by atoms with E-state index in [9.17, 15) is 8.42 Å². The molecule has 2 rings (SSSR count). The minimum Gasteiger partial charge on any atom is -0.494 e. The number of ether oxygens (including phenoxy) is 2. The number of aryl methyl sites for hydroxylation is 2. The summed E-state index contributed by atoms with van der Waals surface area (Å²) >= 11 is 0. The first-order valence-corrected chi connectivity index (χ1v) is 9.34. The van der Waals surface area contributed by atoms with Gasteiger partial charge in [0.1, 0.15) is 18.1 Å². The second-order valence-electron chi connectivity index (χ2n) is 5.37. The predicted octanol–water partition coefficient (Wildman–Crippen LogP) is 3.06. The lowest BCUT2D eigenvalue weighted by molar-refractivity contribution is 0.318. The zero-order valence-corrected chi connectivity index (χ0v) is 15.0. The van der Waals surface area contributed by atoms with Crippen molar-refractivity contribution in [1.29, 1.82) is 0 Å². The first-order valence-electron chi connectivity index (χ1n) is 7.85. The molecule has 0 saturated carbocycles. The quantitative estimate of drug-likeness (QED) is 0.744. The summed E-state index contributed by atoms with van der Waals surface area (Å²) in [4.78, 5) is 0.207. The number of para-hydroxylation sites is 1. The first-order chi connectivity index (χ1) is 11.4. The Morgan fingerprint density at radius 1 is 0.958 bits per heavy atom. The summed E-state index contributed by atoms with van der Waals surface area (Å²) in [5.74, 6) is 1.45. The molecule has 0 aliphatic carbocycles. The highest BCUT2D eigenvalue weighted by atomic mass is 32.2. The highest BCUT2D eigenvalue weighted by Gasteiger charge is 2.13. The van der Waals surface area contributed by atoms with Crippen molar-refractivity contribution in [3.05, 3.63) is 53.6 Å². The van der Waals surface area contributed by atoms with Crippen molar-refractivity contribution in [2.45, 2.75) is 25.7 Å². The Labute approximate surface area is 143 Å². The van der Waals surface area contributed by atoms with Gasteiger partial charge in [0.2, 0.25) is 10.0 Å². The lowest BCUT2D eigenvalue weighted by Gasteiger charge is -2.12. The Morgan fingerprint density at radius 2 is 1.58 bits per heavy atom. The molecule has 0 aliphatic rings. The minimum absolute atomic E-state index is 0.198. The van der Waals surface area contributed by atoms with E-state index in [1.807, 2.05) is 39.0 Å². The number of sulfonamides is 1. The average molecular weight is 349 g/mol. The summed E-state index contributed by atoms with van der Waals surface area (Å²) in [6, 6.07) is 12.2. The van der Waals surface area contributed by atoms with Gasteiger partial charge in [0.05, 0.1) is 11.5 Å². The fourth-order valence-electron chi connectivity index (χ4n) is 2.32. The van der Waals surface area contributed by atoms with Gasteiger partial charge in [-0.3, -0.25) is 0 Å². The van der Waals surface area contributed by atoms with Gasteiger partial charge in [-0.1, -0.05) is 18.2 Å². The third-order valence-electron chi connectivity index (χ3n) is 3.49. The van der Waals surface area contributed by atoms with Crippen LogP contribution in [0.15, 0.2) is 47.4 Å². The number of hydrogen-bond donors (Lipinski definition) is 1. The highest BCUT2D eigenvalue weighted by Crippen LogP contribution is 2.22. The van der Waals surface area contributed by atoms with E-state index in [1.54, 1.807) is 12.1 Å². The third kappa shape index (κ3) is 4.72. The molecule has 24 heavy (non-hydrogen) atoms. The normalized spacial score (nSPS) is 11.3. The van der Waals surface area contributed by atoms with Crippen LogP contribution in [0.3, 0.4) is 0 Å². The van der Waals surface area contributed by atoms with E-state index in [1.165, 1.54) is 12.1 Å². The third-order valence-corrected chi connectivity index (χ3v) is 4.97. The summed E-state index contributed by atoms with van der Waals surface area (Å²) in [6.45, 7) is 6.81. The van der Waals surface area contributed by atoms with Gasteiger partial charge in [-0.2, -0.15) is 0 Å². The molecular formula is C18H23NO4S. The molecule has 0 unspecified atom stereocenters. The second-order valence-corrected chi connectivity index (χ2v) is 7.14. The van der Waals surface area contributed by atoms with Crippen molar-refractivity contribution in [1.82, 2.24) is 4.72 Å². The molecule has 5 nitrogen and oxygen atoms in total. The zero-order valence-electron chi connectivity index (χ0n) is 14.2. The maximum Gasteiger partial charge on any atom is 0.240 e. The van der Waals surface area contributed by atoms with Crippen molar-refractivity contribution in [3.63, 3.8) is 0 Å². The Balaban J connectivity index is 1.91. The molecule has 0 aliphatic heterocycles. The van der Waals surface area contributed by atoms with Crippen LogP contribution in [0.5, 0.6) is 11.5 Å². The molecule has 0 saturated heterocycles. The first kappa shape index (κ1) is 18.3. The van der Waals surface area contributed by atoms with Crippen LogP contribution >= 0.6 is 0 Å². The van der Waals surface area contributed by atoms with Crippen LogP contribution in [0.1, 0.15) is 18.1 Å². The minimum atomic E-state index is -3.55. The average Bonchev–Trinajstić information content (AvgIpc) is 2.54. The van der Waals surface area contributed by atoms with Crippen molar-refractivity contribution in [2.75, 3.05) is 19.8 Å². The van der Waals surface area contributed by atoms with Crippen LogP contribution in [0, 0.1) is 13.8 Å². The van der Waals surface area contributed by atoms with Gasteiger partial charge in [-0.15, -0.1) is 0 Å². The molecule has 0 fully saturated rings. The summed E-state index contributed by atoms with van der Waals surface area (Å²) < 4.78 is 38.0. The standard InChI is InChI=1S/C18H23NO4S/c1-4-22-16-8-10-17(11-9-16)24(20,21)19-12-13-23-18-14(2)6-5-7-15(18)3/h5-11,19H,4,12-13H2,1-3H3. The Morgan fingerprint density at radius 3 is 2.17 bits per heavy atom. The summed E-state index contributed by atoms with van der Waals surface area (Å²) in [7, 11) is -3.55. The zero-order chi connectivity index (χ0) is 17.6. The molecule has 0 radical (unpaired) electrons. The van der Waals surface area contributed by atoms with Crippen LogP contribution in [-0.4, -0.2) is 28.2 Å². The monoisotopic (exact) mass is 349 g/mol. The molecule has 0 atom stereocenters. The number of nitrogens with one attached hydrogen (secondary N) is 1. The summed E-state index contributed by atoms with van der Waals surface area (Å²) in [5.41, 5.74) is 2.06.